The predicted octanol–water partition coefficient (Wildman–Crippen LogP) is 3.31. The van der Waals surface area contributed by atoms with Gasteiger partial charge in [0.05, 0.1) is 17.3 Å². The summed E-state index contributed by atoms with van der Waals surface area (Å²) in [6.45, 7) is 0. The second kappa shape index (κ2) is 5.60. The highest BCUT2D eigenvalue weighted by Crippen LogP contribution is 2.40. The molecule has 0 radical (unpaired) electrons. The summed E-state index contributed by atoms with van der Waals surface area (Å²) in [7, 11) is 1.98. The maximum absolute atomic E-state index is 11.4. The Labute approximate surface area is 127 Å². The molecule has 2 aromatic rings. The normalized spacial score (nSPS) is 17.8. The van der Waals surface area contributed by atoms with Crippen LogP contribution in [0.5, 0.6) is 0 Å². The minimum Gasteiger partial charge on any atom is -0.481 e. The van der Waals surface area contributed by atoms with E-state index in [4.69, 9.17) is 0 Å². The van der Waals surface area contributed by atoms with Crippen LogP contribution in [0.3, 0.4) is 0 Å². The first-order valence-corrected chi connectivity index (χ1v) is 8.14. The summed E-state index contributed by atoms with van der Waals surface area (Å²) in [5.41, 5.74) is -0.326. The molecule has 112 valence electrons. The number of carbonyl (C=O) groups is 1. The van der Waals surface area contributed by atoms with Gasteiger partial charge in [0.2, 0.25) is 0 Å². The zero-order valence-electron chi connectivity index (χ0n) is 12.1. The molecule has 0 amide bonds. The van der Waals surface area contributed by atoms with Crippen molar-refractivity contribution < 1.29 is 9.90 Å². The molecule has 3 rings (SSSR count). The summed E-state index contributed by atoms with van der Waals surface area (Å²) in [6.07, 6.45) is 6.90. The van der Waals surface area contributed by atoms with Gasteiger partial charge in [0.25, 0.3) is 0 Å². The fourth-order valence-electron chi connectivity index (χ4n) is 3.39. The third-order valence-corrected chi connectivity index (χ3v) is 5.36. The lowest BCUT2D eigenvalue weighted by molar-refractivity contribution is -0.138. The van der Waals surface area contributed by atoms with Gasteiger partial charge >= 0.3 is 5.97 Å². The first-order chi connectivity index (χ1) is 10.1. The van der Waals surface area contributed by atoms with E-state index in [1.165, 1.54) is 6.42 Å². The SMILES string of the molecule is CN(c1ncnc2sccc12)C1(CC(=O)O)CCCCC1. The summed E-state index contributed by atoms with van der Waals surface area (Å²) in [5.74, 6) is 0.115. The standard InChI is InChI=1S/C15H19N3O2S/c1-18(13-11-5-8-21-14(11)17-10-16-13)15(9-12(19)20)6-3-2-4-7-15/h5,8,10H,2-4,6-7,9H2,1H3,(H,19,20). The third kappa shape index (κ3) is 2.60. The molecule has 0 unspecified atom stereocenters. The van der Waals surface area contributed by atoms with Crippen LogP contribution in [0.15, 0.2) is 17.8 Å². The molecule has 0 aromatic carbocycles. The molecule has 6 heteroatoms. The van der Waals surface area contributed by atoms with Gasteiger partial charge in [0.15, 0.2) is 0 Å². The number of carboxylic acid groups (broad SMARTS) is 1. The molecular weight excluding hydrogens is 286 g/mol. The molecule has 1 fully saturated rings. The molecule has 0 aliphatic heterocycles. The smallest absolute Gasteiger partial charge is 0.305 e. The molecule has 21 heavy (non-hydrogen) atoms. The highest BCUT2D eigenvalue weighted by molar-refractivity contribution is 7.16. The number of fused-ring (bicyclic) bond motifs is 1. The Bertz CT molecular complexity index is 649. The predicted molar refractivity (Wildman–Crippen MR) is 83.9 cm³/mol. The van der Waals surface area contributed by atoms with Crippen molar-refractivity contribution in [1.29, 1.82) is 0 Å². The Morgan fingerprint density at radius 2 is 2.14 bits per heavy atom. The van der Waals surface area contributed by atoms with Crippen LogP contribution in [-0.4, -0.2) is 33.6 Å². The maximum Gasteiger partial charge on any atom is 0.305 e. The Morgan fingerprint density at radius 1 is 1.38 bits per heavy atom. The number of aromatic nitrogens is 2. The van der Waals surface area contributed by atoms with Crippen LogP contribution in [0.2, 0.25) is 0 Å². The third-order valence-electron chi connectivity index (χ3n) is 4.53. The van der Waals surface area contributed by atoms with Crippen LogP contribution in [0.1, 0.15) is 38.5 Å². The second-order valence-electron chi connectivity index (χ2n) is 5.75. The van der Waals surface area contributed by atoms with E-state index in [0.717, 1.165) is 41.7 Å². The zero-order chi connectivity index (χ0) is 14.9. The van der Waals surface area contributed by atoms with Crippen LogP contribution in [0, 0.1) is 0 Å². The molecule has 0 saturated heterocycles. The van der Waals surface area contributed by atoms with Gasteiger partial charge in [-0.3, -0.25) is 4.79 Å². The van der Waals surface area contributed by atoms with E-state index >= 15 is 0 Å². The van der Waals surface area contributed by atoms with Gasteiger partial charge in [-0.15, -0.1) is 11.3 Å². The fraction of sp³-hybridized carbons (Fsp3) is 0.533. The Kier molecular flexibility index (Phi) is 3.80. The first-order valence-electron chi connectivity index (χ1n) is 7.26. The van der Waals surface area contributed by atoms with Crippen molar-refractivity contribution in [2.45, 2.75) is 44.1 Å². The number of anilines is 1. The minimum absolute atomic E-state index is 0.166. The van der Waals surface area contributed by atoms with E-state index in [1.54, 1.807) is 17.7 Å². The summed E-state index contributed by atoms with van der Waals surface area (Å²) in [5, 5.41) is 12.4. The highest BCUT2D eigenvalue weighted by atomic mass is 32.1. The molecule has 1 aliphatic carbocycles. The molecule has 1 aliphatic rings. The van der Waals surface area contributed by atoms with Gasteiger partial charge in [-0.1, -0.05) is 19.3 Å². The monoisotopic (exact) mass is 305 g/mol. The molecule has 5 nitrogen and oxygen atoms in total. The topological polar surface area (TPSA) is 66.3 Å². The quantitative estimate of drug-likeness (QED) is 0.938. The van der Waals surface area contributed by atoms with Gasteiger partial charge < -0.3 is 10.0 Å². The van der Waals surface area contributed by atoms with Crippen molar-refractivity contribution in [3.8, 4) is 0 Å². The summed E-state index contributed by atoms with van der Waals surface area (Å²) >= 11 is 1.58. The van der Waals surface area contributed by atoms with E-state index in [1.807, 2.05) is 18.5 Å². The minimum atomic E-state index is -0.737. The number of thiophene rings is 1. The Hall–Kier alpha value is -1.69. The molecule has 1 saturated carbocycles. The van der Waals surface area contributed by atoms with Crippen molar-refractivity contribution >= 4 is 33.3 Å². The molecule has 1 N–H and O–H groups in total. The van der Waals surface area contributed by atoms with E-state index in [0.29, 0.717) is 0 Å². The number of rotatable bonds is 4. The molecule has 2 heterocycles. The van der Waals surface area contributed by atoms with E-state index < -0.39 is 5.97 Å². The number of carboxylic acids is 1. The molecule has 0 atom stereocenters. The van der Waals surface area contributed by atoms with Gasteiger partial charge in [0.1, 0.15) is 17.0 Å². The van der Waals surface area contributed by atoms with Gasteiger partial charge in [-0.2, -0.15) is 0 Å². The Morgan fingerprint density at radius 3 is 2.86 bits per heavy atom. The van der Waals surface area contributed by atoms with Crippen molar-refractivity contribution in [3.05, 3.63) is 17.8 Å². The van der Waals surface area contributed by atoms with Gasteiger partial charge in [-0.05, 0) is 24.3 Å². The average molecular weight is 305 g/mol. The lowest BCUT2D eigenvalue weighted by Gasteiger charge is -2.44. The second-order valence-corrected chi connectivity index (χ2v) is 6.65. The highest BCUT2D eigenvalue weighted by Gasteiger charge is 2.39. The number of hydrogen-bond acceptors (Lipinski definition) is 5. The van der Waals surface area contributed by atoms with Crippen LogP contribution < -0.4 is 4.90 Å². The van der Waals surface area contributed by atoms with E-state index in [-0.39, 0.29) is 12.0 Å². The van der Waals surface area contributed by atoms with E-state index in [9.17, 15) is 9.90 Å². The van der Waals surface area contributed by atoms with Crippen molar-refractivity contribution in [2.24, 2.45) is 0 Å². The lowest BCUT2D eigenvalue weighted by atomic mass is 9.78. The summed E-state index contributed by atoms with van der Waals surface area (Å²) in [4.78, 5) is 23.1. The van der Waals surface area contributed by atoms with Crippen molar-refractivity contribution in [3.63, 3.8) is 0 Å². The fourth-order valence-corrected chi connectivity index (χ4v) is 4.12. The van der Waals surface area contributed by atoms with Gasteiger partial charge in [-0.25, -0.2) is 9.97 Å². The van der Waals surface area contributed by atoms with Crippen molar-refractivity contribution in [1.82, 2.24) is 9.97 Å². The number of hydrogen-bond donors (Lipinski definition) is 1. The lowest BCUT2D eigenvalue weighted by Crippen LogP contribution is -2.50. The maximum atomic E-state index is 11.4. The largest absolute Gasteiger partial charge is 0.481 e. The average Bonchev–Trinajstić information content (AvgIpc) is 2.95. The van der Waals surface area contributed by atoms with E-state index in [2.05, 4.69) is 14.9 Å². The number of aliphatic carboxylic acids is 1. The van der Waals surface area contributed by atoms with Crippen LogP contribution in [-0.2, 0) is 4.79 Å². The molecule has 0 spiro atoms. The van der Waals surface area contributed by atoms with Crippen LogP contribution in [0.25, 0.3) is 10.2 Å². The Balaban J connectivity index is 2.02. The van der Waals surface area contributed by atoms with Crippen LogP contribution in [0.4, 0.5) is 5.82 Å². The molecule has 0 bridgehead atoms. The van der Waals surface area contributed by atoms with Crippen LogP contribution >= 0.6 is 11.3 Å². The van der Waals surface area contributed by atoms with Crippen molar-refractivity contribution in [2.75, 3.05) is 11.9 Å². The summed E-state index contributed by atoms with van der Waals surface area (Å²) < 4.78 is 0. The molecular formula is C15H19N3O2S. The number of nitrogens with zero attached hydrogens (tertiary/aromatic N) is 3. The first kappa shape index (κ1) is 14.3. The zero-order valence-corrected chi connectivity index (χ0v) is 12.9. The van der Waals surface area contributed by atoms with Gasteiger partial charge in [0, 0.05) is 7.05 Å². The summed E-state index contributed by atoms with van der Waals surface area (Å²) in [6, 6.07) is 2.02. The molecule has 2 aromatic heterocycles.